The molecule has 0 amide bonds. The summed E-state index contributed by atoms with van der Waals surface area (Å²) in [7, 11) is 1.66. The SMILES string of the molecule is Cc1cc(S(=O)(=O)Cl)c(C)cc1OCC(C)C. The van der Waals surface area contributed by atoms with Gasteiger partial charge >= 0.3 is 0 Å². The highest BCUT2D eigenvalue weighted by molar-refractivity contribution is 8.13. The molecule has 0 N–H and O–H groups in total. The molecule has 0 aromatic heterocycles. The molecule has 0 aliphatic rings. The Morgan fingerprint density at radius 3 is 2.29 bits per heavy atom. The van der Waals surface area contributed by atoms with E-state index in [1.54, 1.807) is 26.0 Å². The zero-order chi connectivity index (χ0) is 13.2. The lowest BCUT2D eigenvalue weighted by Crippen LogP contribution is -2.06. The summed E-state index contributed by atoms with van der Waals surface area (Å²) in [5, 5.41) is 0. The molecule has 0 saturated heterocycles. The fourth-order valence-corrected chi connectivity index (χ4v) is 2.70. The van der Waals surface area contributed by atoms with Crippen molar-refractivity contribution in [3.63, 3.8) is 0 Å². The minimum Gasteiger partial charge on any atom is -0.493 e. The number of aryl methyl sites for hydroxylation is 2. The molecular weight excluding hydrogens is 260 g/mol. The molecule has 1 aromatic carbocycles. The predicted molar refractivity (Wildman–Crippen MR) is 69.3 cm³/mol. The van der Waals surface area contributed by atoms with Gasteiger partial charge in [-0.2, -0.15) is 0 Å². The van der Waals surface area contributed by atoms with Crippen molar-refractivity contribution in [3.8, 4) is 5.75 Å². The first-order chi connectivity index (χ1) is 7.71. The molecule has 0 spiro atoms. The Balaban J connectivity index is 3.10. The molecule has 0 fully saturated rings. The normalized spacial score (nSPS) is 11.9. The zero-order valence-corrected chi connectivity index (χ0v) is 12.0. The highest BCUT2D eigenvalue weighted by atomic mass is 35.7. The van der Waals surface area contributed by atoms with Crippen LogP contribution in [0.1, 0.15) is 25.0 Å². The van der Waals surface area contributed by atoms with Gasteiger partial charge in [-0.3, -0.25) is 0 Å². The summed E-state index contributed by atoms with van der Waals surface area (Å²) in [5.74, 6) is 1.13. The topological polar surface area (TPSA) is 43.4 Å². The highest BCUT2D eigenvalue weighted by Crippen LogP contribution is 2.28. The third kappa shape index (κ3) is 3.89. The van der Waals surface area contributed by atoms with E-state index in [-0.39, 0.29) is 4.90 Å². The second kappa shape index (κ2) is 5.27. The summed E-state index contributed by atoms with van der Waals surface area (Å²) in [6.07, 6.45) is 0. The van der Waals surface area contributed by atoms with Crippen LogP contribution >= 0.6 is 10.7 Å². The molecule has 0 aliphatic carbocycles. The van der Waals surface area contributed by atoms with Crippen LogP contribution < -0.4 is 4.74 Å². The maximum atomic E-state index is 11.3. The summed E-state index contributed by atoms with van der Waals surface area (Å²) in [6.45, 7) is 8.23. The Morgan fingerprint density at radius 1 is 1.24 bits per heavy atom. The van der Waals surface area contributed by atoms with Gasteiger partial charge in [-0.1, -0.05) is 13.8 Å². The lowest BCUT2D eigenvalue weighted by Gasteiger charge is -2.13. The van der Waals surface area contributed by atoms with Gasteiger partial charge in [0.15, 0.2) is 0 Å². The van der Waals surface area contributed by atoms with E-state index in [4.69, 9.17) is 15.4 Å². The Kier molecular flexibility index (Phi) is 4.44. The molecule has 0 bridgehead atoms. The molecule has 0 heterocycles. The van der Waals surface area contributed by atoms with E-state index in [0.29, 0.717) is 23.8 Å². The summed E-state index contributed by atoms with van der Waals surface area (Å²) in [6, 6.07) is 3.26. The molecule has 1 aromatic rings. The molecule has 0 aliphatic heterocycles. The van der Waals surface area contributed by atoms with E-state index in [1.165, 1.54) is 0 Å². The minimum atomic E-state index is -3.69. The number of ether oxygens (including phenoxy) is 1. The number of benzene rings is 1. The maximum Gasteiger partial charge on any atom is 0.261 e. The van der Waals surface area contributed by atoms with Crippen molar-refractivity contribution >= 4 is 19.7 Å². The molecular formula is C12H17ClO3S. The van der Waals surface area contributed by atoms with Crippen LogP contribution in [0.5, 0.6) is 5.75 Å². The van der Waals surface area contributed by atoms with Crippen LogP contribution in [0.25, 0.3) is 0 Å². The monoisotopic (exact) mass is 276 g/mol. The van der Waals surface area contributed by atoms with Gasteiger partial charge in [-0.25, -0.2) is 8.42 Å². The van der Waals surface area contributed by atoms with Gasteiger partial charge in [0.1, 0.15) is 5.75 Å². The van der Waals surface area contributed by atoms with Crippen molar-refractivity contribution in [2.45, 2.75) is 32.6 Å². The van der Waals surface area contributed by atoms with Crippen molar-refractivity contribution in [2.24, 2.45) is 5.92 Å². The van der Waals surface area contributed by atoms with Gasteiger partial charge < -0.3 is 4.74 Å². The molecule has 0 unspecified atom stereocenters. The van der Waals surface area contributed by atoms with Crippen LogP contribution in [0.15, 0.2) is 17.0 Å². The lowest BCUT2D eigenvalue weighted by molar-refractivity contribution is 0.269. The molecule has 0 saturated carbocycles. The Morgan fingerprint density at radius 2 is 1.82 bits per heavy atom. The lowest BCUT2D eigenvalue weighted by atomic mass is 10.1. The maximum absolute atomic E-state index is 11.3. The van der Waals surface area contributed by atoms with E-state index in [2.05, 4.69) is 13.8 Å². The highest BCUT2D eigenvalue weighted by Gasteiger charge is 2.16. The van der Waals surface area contributed by atoms with Crippen LogP contribution in [0.2, 0.25) is 0 Å². The molecule has 0 atom stereocenters. The van der Waals surface area contributed by atoms with Crippen LogP contribution in [-0.2, 0) is 9.05 Å². The quantitative estimate of drug-likeness (QED) is 0.793. The Bertz CT molecular complexity index is 507. The largest absolute Gasteiger partial charge is 0.493 e. The van der Waals surface area contributed by atoms with Crippen LogP contribution in [0, 0.1) is 19.8 Å². The van der Waals surface area contributed by atoms with Crippen molar-refractivity contribution in [1.82, 2.24) is 0 Å². The first kappa shape index (κ1) is 14.3. The third-order valence-corrected chi connectivity index (χ3v) is 3.77. The van der Waals surface area contributed by atoms with Crippen molar-refractivity contribution in [2.75, 3.05) is 6.61 Å². The van der Waals surface area contributed by atoms with Gasteiger partial charge in [0.25, 0.3) is 9.05 Å². The first-order valence-corrected chi connectivity index (χ1v) is 7.71. The van der Waals surface area contributed by atoms with E-state index in [9.17, 15) is 8.42 Å². The predicted octanol–water partition coefficient (Wildman–Crippen LogP) is 3.27. The van der Waals surface area contributed by atoms with E-state index < -0.39 is 9.05 Å². The Hall–Kier alpha value is -0.740. The second-order valence-electron chi connectivity index (χ2n) is 4.53. The molecule has 1 rings (SSSR count). The number of halogens is 1. The van der Waals surface area contributed by atoms with Gasteiger partial charge in [-0.05, 0) is 43.0 Å². The molecule has 96 valence electrons. The van der Waals surface area contributed by atoms with Gasteiger partial charge in [-0.15, -0.1) is 0 Å². The molecule has 5 heteroatoms. The van der Waals surface area contributed by atoms with Crippen molar-refractivity contribution < 1.29 is 13.2 Å². The molecule has 3 nitrogen and oxygen atoms in total. The Labute approximate surface area is 107 Å². The number of rotatable bonds is 4. The van der Waals surface area contributed by atoms with Crippen LogP contribution in [-0.4, -0.2) is 15.0 Å². The first-order valence-electron chi connectivity index (χ1n) is 5.40. The second-order valence-corrected chi connectivity index (χ2v) is 7.06. The molecule has 0 radical (unpaired) electrons. The van der Waals surface area contributed by atoms with E-state index in [1.807, 2.05) is 0 Å². The summed E-state index contributed by atoms with van der Waals surface area (Å²) >= 11 is 0. The average Bonchev–Trinajstić information content (AvgIpc) is 2.17. The number of hydrogen-bond acceptors (Lipinski definition) is 3. The number of hydrogen-bond donors (Lipinski definition) is 0. The average molecular weight is 277 g/mol. The fourth-order valence-electron chi connectivity index (χ4n) is 1.44. The standard InChI is InChI=1S/C12H17ClO3S/c1-8(2)7-16-11-5-10(4)12(6-9(11)3)17(13,14)15/h5-6,8H,7H2,1-4H3. The molecule has 17 heavy (non-hydrogen) atoms. The van der Waals surface area contributed by atoms with Crippen molar-refractivity contribution in [1.29, 1.82) is 0 Å². The van der Waals surface area contributed by atoms with E-state index >= 15 is 0 Å². The third-order valence-electron chi connectivity index (χ3n) is 2.31. The van der Waals surface area contributed by atoms with Crippen LogP contribution in [0.4, 0.5) is 0 Å². The summed E-state index contributed by atoms with van der Waals surface area (Å²) < 4.78 is 28.2. The summed E-state index contributed by atoms with van der Waals surface area (Å²) in [4.78, 5) is 0.147. The van der Waals surface area contributed by atoms with Gasteiger partial charge in [0, 0.05) is 10.7 Å². The zero-order valence-electron chi connectivity index (χ0n) is 10.5. The van der Waals surface area contributed by atoms with Crippen LogP contribution in [0.3, 0.4) is 0 Å². The van der Waals surface area contributed by atoms with Gasteiger partial charge in [0.05, 0.1) is 11.5 Å². The van der Waals surface area contributed by atoms with E-state index in [0.717, 1.165) is 5.56 Å². The van der Waals surface area contributed by atoms with Gasteiger partial charge in [0.2, 0.25) is 0 Å². The smallest absolute Gasteiger partial charge is 0.261 e. The minimum absolute atomic E-state index is 0.147. The summed E-state index contributed by atoms with van der Waals surface area (Å²) in [5.41, 5.74) is 1.37. The fraction of sp³-hybridized carbons (Fsp3) is 0.500. The van der Waals surface area contributed by atoms with Crippen molar-refractivity contribution in [3.05, 3.63) is 23.3 Å².